The molecule has 0 radical (unpaired) electrons. The Balaban J connectivity index is 1.43. The van der Waals surface area contributed by atoms with Crippen LogP contribution in [0.4, 0.5) is 5.82 Å². The third-order valence-electron chi connectivity index (χ3n) is 5.61. The van der Waals surface area contributed by atoms with Crippen LogP contribution in [-0.4, -0.2) is 88.2 Å². The molecule has 2 fully saturated rings. The molecule has 148 valence electrons. The zero-order chi connectivity index (χ0) is 19.5. The van der Waals surface area contributed by atoms with Crippen molar-refractivity contribution in [3.05, 3.63) is 48.2 Å². The standard InChI is InChI=1S/C20H26N6O2/c1-24-6-8-25(9-7-24)20(28)17-11-22-12-19(23-17)26-13-16(18(27)14-26)10-15-2-4-21-5-3-15/h2-5,11-12,16,18,27H,6-10,13-14H2,1H3/t16-,18-/m1/s1. The molecule has 28 heavy (non-hydrogen) atoms. The number of aliphatic hydroxyl groups is 1. The van der Waals surface area contributed by atoms with Gasteiger partial charge in [-0.25, -0.2) is 4.98 Å². The van der Waals surface area contributed by atoms with E-state index in [9.17, 15) is 9.90 Å². The topological polar surface area (TPSA) is 85.7 Å². The molecule has 2 atom stereocenters. The number of anilines is 1. The highest BCUT2D eigenvalue weighted by Gasteiger charge is 2.32. The first-order valence-corrected chi connectivity index (χ1v) is 9.72. The van der Waals surface area contributed by atoms with Crippen LogP contribution in [-0.2, 0) is 6.42 Å². The summed E-state index contributed by atoms with van der Waals surface area (Å²) in [4.78, 5) is 31.7. The number of nitrogens with zero attached hydrogens (tertiary/aromatic N) is 6. The maximum Gasteiger partial charge on any atom is 0.274 e. The largest absolute Gasteiger partial charge is 0.391 e. The number of pyridine rings is 1. The lowest BCUT2D eigenvalue weighted by Gasteiger charge is -2.32. The summed E-state index contributed by atoms with van der Waals surface area (Å²) in [6.07, 6.45) is 7.09. The summed E-state index contributed by atoms with van der Waals surface area (Å²) >= 11 is 0. The normalized spacial score (nSPS) is 23.2. The fourth-order valence-electron chi connectivity index (χ4n) is 3.85. The van der Waals surface area contributed by atoms with Crippen molar-refractivity contribution in [1.29, 1.82) is 0 Å². The second-order valence-electron chi connectivity index (χ2n) is 7.65. The number of β-amino-alcohol motifs (C(OH)–C–C–N with tert-alkyl or cyclic N) is 1. The van der Waals surface area contributed by atoms with Crippen molar-refractivity contribution in [1.82, 2.24) is 24.8 Å². The molecule has 0 unspecified atom stereocenters. The van der Waals surface area contributed by atoms with E-state index in [4.69, 9.17) is 0 Å². The van der Waals surface area contributed by atoms with Crippen LogP contribution in [0.15, 0.2) is 36.9 Å². The minimum absolute atomic E-state index is 0.0736. The van der Waals surface area contributed by atoms with Gasteiger partial charge in [0.15, 0.2) is 0 Å². The SMILES string of the molecule is CN1CCN(C(=O)c2cncc(N3C[C@@H](Cc4ccncc4)[C@H](O)C3)n2)CC1. The monoisotopic (exact) mass is 382 g/mol. The molecule has 2 aliphatic rings. The van der Waals surface area contributed by atoms with Crippen molar-refractivity contribution >= 4 is 11.7 Å². The number of hydrogen-bond acceptors (Lipinski definition) is 7. The van der Waals surface area contributed by atoms with E-state index in [-0.39, 0.29) is 11.8 Å². The summed E-state index contributed by atoms with van der Waals surface area (Å²) in [5, 5.41) is 10.5. The summed E-state index contributed by atoms with van der Waals surface area (Å²) in [5.41, 5.74) is 1.53. The van der Waals surface area contributed by atoms with Crippen molar-refractivity contribution < 1.29 is 9.90 Å². The fourth-order valence-corrected chi connectivity index (χ4v) is 3.85. The Labute approximate surface area is 164 Å². The van der Waals surface area contributed by atoms with Gasteiger partial charge in [0.1, 0.15) is 11.5 Å². The first kappa shape index (κ1) is 18.8. The van der Waals surface area contributed by atoms with Crippen LogP contribution < -0.4 is 4.90 Å². The van der Waals surface area contributed by atoms with Crippen molar-refractivity contribution in [2.45, 2.75) is 12.5 Å². The molecule has 4 rings (SSSR count). The van der Waals surface area contributed by atoms with Crippen LogP contribution >= 0.6 is 0 Å². The van der Waals surface area contributed by atoms with E-state index in [1.165, 1.54) is 6.20 Å². The number of likely N-dealkylation sites (N-methyl/N-ethyl adjacent to an activating group) is 1. The van der Waals surface area contributed by atoms with Gasteiger partial charge in [0.2, 0.25) is 0 Å². The van der Waals surface area contributed by atoms with Gasteiger partial charge in [0.25, 0.3) is 5.91 Å². The Morgan fingerprint density at radius 3 is 2.61 bits per heavy atom. The molecular formula is C20H26N6O2. The first-order chi connectivity index (χ1) is 13.6. The molecule has 1 N–H and O–H groups in total. The second kappa shape index (κ2) is 8.20. The number of hydrogen-bond donors (Lipinski definition) is 1. The predicted octanol–water partition coefficient (Wildman–Crippen LogP) is 0.299. The number of piperazine rings is 1. The van der Waals surface area contributed by atoms with Crippen LogP contribution in [0.2, 0.25) is 0 Å². The van der Waals surface area contributed by atoms with E-state index in [0.717, 1.165) is 25.1 Å². The lowest BCUT2D eigenvalue weighted by Crippen LogP contribution is -2.47. The molecule has 0 saturated carbocycles. The average Bonchev–Trinajstić information content (AvgIpc) is 3.09. The molecule has 2 aromatic rings. The molecule has 0 aromatic carbocycles. The highest BCUT2D eigenvalue weighted by molar-refractivity contribution is 5.92. The van der Waals surface area contributed by atoms with Crippen molar-refractivity contribution in [2.75, 3.05) is 51.2 Å². The molecular weight excluding hydrogens is 356 g/mol. The molecule has 8 heteroatoms. The number of amides is 1. The third kappa shape index (κ3) is 4.13. The first-order valence-electron chi connectivity index (χ1n) is 9.72. The maximum absolute atomic E-state index is 12.8. The summed E-state index contributed by atoms with van der Waals surface area (Å²) in [5.74, 6) is 0.688. The van der Waals surface area contributed by atoms with Gasteiger partial charge in [-0.2, -0.15) is 0 Å². The Bertz CT molecular complexity index is 809. The molecule has 4 heterocycles. The predicted molar refractivity (Wildman–Crippen MR) is 105 cm³/mol. The van der Waals surface area contributed by atoms with Crippen molar-refractivity contribution in [3.63, 3.8) is 0 Å². The molecule has 0 bridgehead atoms. The van der Waals surface area contributed by atoms with E-state index >= 15 is 0 Å². The zero-order valence-electron chi connectivity index (χ0n) is 16.1. The molecule has 2 aromatic heterocycles. The molecule has 0 aliphatic carbocycles. The summed E-state index contributed by atoms with van der Waals surface area (Å²) in [6, 6.07) is 3.95. The average molecular weight is 382 g/mol. The van der Waals surface area contributed by atoms with Crippen LogP contribution in [0.3, 0.4) is 0 Å². The smallest absolute Gasteiger partial charge is 0.274 e. The molecule has 0 spiro atoms. The molecule has 2 aliphatic heterocycles. The summed E-state index contributed by atoms with van der Waals surface area (Å²) < 4.78 is 0. The third-order valence-corrected chi connectivity index (χ3v) is 5.61. The van der Waals surface area contributed by atoms with Gasteiger partial charge in [-0.05, 0) is 31.2 Å². The molecule has 1 amide bonds. The van der Waals surface area contributed by atoms with Gasteiger partial charge in [-0.15, -0.1) is 0 Å². The Morgan fingerprint density at radius 1 is 1.11 bits per heavy atom. The van der Waals surface area contributed by atoms with Gasteiger partial charge in [-0.3, -0.25) is 14.8 Å². The minimum atomic E-state index is -0.438. The zero-order valence-corrected chi connectivity index (χ0v) is 16.1. The fraction of sp³-hybridized carbons (Fsp3) is 0.500. The second-order valence-corrected chi connectivity index (χ2v) is 7.65. The molecule has 8 nitrogen and oxygen atoms in total. The molecule has 2 saturated heterocycles. The summed E-state index contributed by atoms with van der Waals surface area (Å²) in [7, 11) is 2.06. The van der Waals surface area contributed by atoms with Gasteiger partial charge >= 0.3 is 0 Å². The van der Waals surface area contributed by atoms with Crippen molar-refractivity contribution in [3.8, 4) is 0 Å². The van der Waals surface area contributed by atoms with E-state index < -0.39 is 6.10 Å². The van der Waals surface area contributed by atoms with E-state index in [2.05, 4.69) is 26.9 Å². The Hall–Kier alpha value is -2.58. The Morgan fingerprint density at radius 2 is 1.86 bits per heavy atom. The minimum Gasteiger partial charge on any atom is -0.391 e. The quantitative estimate of drug-likeness (QED) is 0.814. The number of carbonyl (C=O) groups is 1. The van der Waals surface area contributed by atoms with Gasteiger partial charge in [0.05, 0.1) is 18.5 Å². The highest BCUT2D eigenvalue weighted by atomic mass is 16.3. The number of aromatic nitrogens is 3. The van der Waals surface area contributed by atoms with Gasteiger partial charge in [0, 0.05) is 57.6 Å². The van der Waals surface area contributed by atoms with Crippen molar-refractivity contribution in [2.24, 2.45) is 5.92 Å². The number of rotatable bonds is 4. The van der Waals surface area contributed by atoms with Crippen LogP contribution in [0.25, 0.3) is 0 Å². The van der Waals surface area contributed by atoms with Crippen LogP contribution in [0.5, 0.6) is 0 Å². The Kier molecular flexibility index (Phi) is 5.50. The lowest BCUT2D eigenvalue weighted by atomic mass is 9.97. The maximum atomic E-state index is 12.8. The number of aliphatic hydroxyl groups excluding tert-OH is 1. The van der Waals surface area contributed by atoms with Crippen LogP contribution in [0, 0.1) is 5.92 Å². The lowest BCUT2D eigenvalue weighted by molar-refractivity contribution is 0.0658. The summed E-state index contributed by atoms with van der Waals surface area (Å²) in [6.45, 7) is 4.33. The van der Waals surface area contributed by atoms with Crippen LogP contribution in [0.1, 0.15) is 16.1 Å². The number of carbonyl (C=O) groups excluding carboxylic acids is 1. The van der Waals surface area contributed by atoms with E-state index in [1.54, 1.807) is 18.6 Å². The van der Waals surface area contributed by atoms with Gasteiger partial charge in [-0.1, -0.05) is 0 Å². The van der Waals surface area contributed by atoms with E-state index in [1.807, 2.05) is 21.9 Å². The highest BCUT2D eigenvalue weighted by Crippen LogP contribution is 2.25. The van der Waals surface area contributed by atoms with E-state index in [0.29, 0.717) is 37.7 Å². The van der Waals surface area contributed by atoms with Gasteiger partial charge < -0.3 is 19.8 Å².